The Morgan fingerprint density at radius 1 is 1.21 bits per heavy atom. The Bertz CT molecular complexity index is 1370. The zero-order valence-electron chi connectivity index (χ0n) is 23.2. The van der Waals surface area contributed by atoms with Crippen LogP contribution in [0.4, 0.5) is 5.95 Å². The van der Waals surface area contributed by atoms with Crippen LogP contribution in [0.3, 0.4) is 0 Å². The van der Waals surface area contributed by atoms with Gasteiger partial charge in [0.15, 0.2) is 5.65 Å². The quantitative estimate of drug-likeness (QED) is 0.487. The smallest absolute Gasteiger partial charge is 0.256 e. The maximum absolute atomic E-state index is 11.9. The number of aromatic amines is 1. The molecule has 1 saturated heterocycles. The summed E-state index contributed by atoms with van der Waals surface area (Å²) in [5.74, 6) is 0.497. The third kappa shape index (κ3) is 5.24. The van der Waals surface area contributed by atoms with E-state index in [2.05, 4.69) is 89.6 Å². The lowest BCUT2D eigenvalue weighted by atomic mass is 9.95. The number of rotatable bonds is 6. The van der Waals surface area contributed by atoms with Crippen molar-refractivity contribution in [3.8, 4) is 11.3 Å². The van der Waals surface area contributed by atoms with E-state index in [9.17, 15) is 4.79 Å². The van der Waals surface area contributed by atoms with E-state index in [0.717, 1.165) is 48.7 Å². The molecule has 2 aliphatic heterocycles. The number of nitrogens with one attached hydrogen (secondary N) is 1. The molecule has 0 aliphatic carbocycles. The van der Waals surface area contributed by atoms with Gasteiger partial charge in [0, 0.05) is 37.4 Å². The van der Waals surface area contributed by atoms with Crippen molar-refractivity contribution in [3.05, 3.63) is 46.8 Å². The van der Waals surface area contributed by atoms with Crippen molar-refractivity contribution < 1.29 is 4.79 Å². The zero-order chi connectivity index (χ0) is 27.2. The van der Waals surface area contributed by atoms with Gasteiger partial charge in [-0.1, -0.05) is 44.7 Å². The molecule has 0 spiro atoms. The Morgan fingerprint density at radius 2 is 1.95 bits per heavy atom. The van der Waals surface area contributed by atoms with E-state index < -0.39 is 0 Å². The highest BCUT2D eigenvalue weighted by Crippen LogP contribution is 2.43. The molecule has 1 aromatic carbocycles. The van der Waals surface area contributed by atoms with Crippen LogP contribution in [0.5, 0.6) is 0 Å². The normalized spacial score (nSPS) is 19.0. The number of carbonyl (C=O) groups is 1. The summed E-state index contributed by atoms with van der Waals surface area (Å²) < 4.78 is 0. The summed E-state index contributed by atoms with van der Waals surface area (Å²) in [4.78, 5) is 36.8. The molecule has 1 unspecified atom stereocenters. The summed E-state index contributed by atoms with van der Waals surface area (Å²) in [6.45, 7) is 11.3. The number of H-pyrrole nitrogens is 1. The summed E-state index contributed by atoms with van der Waals surface area (Å²) in [5.41, 5.74) is 11.4. The fourth-order valence-electron chi connectivity index (χ4n) is 5.36. The molecule has 9 nitrogen and oxygen atoms in total. The molecule has 0 bridgehead atoms. The zero-order valence-corrected chi connectivity index (χ0v) is 24.0. The lowest BCUT2D eigenvalue weighted by Gasteiger charge is -2.35. The number of hydrogen-bond donors (Lipinski definition) is 2. The first-order valence-corrected chi connectivity index (χ1v) is 14.0. The first kappa shape index (κ1) is 26.5. The van der Waals surface area contributed by atoms with E-state index in [4.69, 9.17) is 10.7 Å². The summed E-state index contributed by atoms with van der Waals surface area (Å²) in [5, 5.41) is 0.136. The van der Waals surface area contributed by atoms with Crippen LogP contribution in [0.1, 0.15) is 44.7 Å². The summed E-state index contributed by atoms with van der Waals surface area (Å²) in [7, 11) is 4.30. The van der Waals surface area contributed by atoms with Crippen molar-refractivity contribution in [3.63, 3.8) is 0 Å². The lowest BCUT2D eigenvalue weighted by Crippen LogP contribution is -2.42. The second kappa shape index (κ2) is 10.2. The second-order valence-corrected chi connectivity index (χ2v) is 12.8. The first-order valence-electron chi connectivity index (χ1n) is 13.2. The predicted octanol–water partition coefficient (Wildman–Crippen LogP) is 4.11. The summed E-state index contributed by atoms with van der Waals surface area (Å²) in [6.07, 6.45) is 5.74. The average molecular weight is 535 g/mol. The van der Waals surface area contributed by atoms with Gasteiger partial charge in [0.1, 0.15) is 11.8 Å². The summed E-state index contributed by atoms with van der Waals surface area (Å²) in [6, 6.07) is 7.06. The number of nitrogens with two attached hydrogens (primary N) is 1. The number of fused-ring (bicyclic) bond motifs is 1. The Balaban J connectivity index is 1.39. The second-order valence-electron chi connectivity index (χ2n) is 11.7. The molecule has 10 heteroatoms. The molecule has 2 aliphatic rings. The number of aromatic nitrogens is 4. The minimum absolute atomic E-state index is 0.0150. The van der Waals surface area contributed by atoms with Gasteiger partial charge in [0.25, 0.3) is 5.91 Å². The number of nitrogens with zero attached hydrogens (tertiary/aromatic N) is 6. The van der Waals surface area contributed by atoms with Gasteiger partial charge in [-0.05, 0) is 56.5 Å². The molecule has 0 radical (unpaired) electrons. The number of benzene rings is 1. The molecular weight excluding hydrogens is 496 g/mol. The molecule has 0 saturated carbocycles. The van der Waals surface area contributed by atoms with Crippen LogP contribution < -0.4 is 10.6 Å². The molecule has 38 heavy (non-hydrogen) atoms. The number of hydrogen-bond acceptors (Lipinski definition) is 8. The molecule has 202 valence electrons. The molecular formula is C28H38N8OS. The van der Waals surface area contributed by atoms with Crippen molar-refractivity contribution >= 4 is 34.8 Å². The molecule has 1 amide bonds. The van der Waals surface area contributed by atoms with Crippen LogP contribution in [0.25, 0.3) is 22.4 Å². The van der Waals surface area contributed by atoms with Gasteiger partial charge in [-0.2, -0.15) is 4.98 Å². The van der Waals surface area contributed by atoms with Crippen LogP contribution in [-0.2, 0) is 11.3 Å². The Labute approximate surface area is 228 Å². The predicted molar refractivity (Wildman–Crippen MR) is 154 cm³/mol. The van der Waals surface area contributed by atoms with Crippen LogP contribution in [0.2, 0.25) is 0 Å². The molecule has 1 fully saturated rings. The van der Waals surface area contributed by atoms with Gasteiger partial charge >= 0.3 is 0 Å². The fraction of sp³-hybridized carbons (Fsp3) is 0.500. The first-order chi connectivity index (χ1) is 18.0. The van der Waals surface area contributed by atoms with Crippen molar-refractivity contribution in [1.82, 2.24) is 29.7 Å². The van der Waals surface area contributed by atoms with Crippen molar-refractivity contribution in [1.29, 1.82) is 0 Å². The molecule has 4 heterocycles. The Hall–Kier alpha value is -3.11. The average Bonchev–Trinajstić information content (AvgIpc) is 3.50. The van der Waals surface area contributed by atoms with Crippen molar-refractivity contribution in [2.24, 2.45) is 11.1 Å². The van der Waals surface area contributed by atoms with Crippen LogP contribution in [0, 0.1) is 12.3 Å². The van der Waals surface area contributed by atoms with Gasteiger partial charge < -0.3 is 25.4 Å². The van der Waals surface area contributed by atoms with E-state index in [1.807, 2.05) is 6.20 Å². The number of amides is 1. The van der Waals surface area contributed by atoms with Gasteiger partial charge in [0.2, 0.25) is 5.95 Å². The number of thioether (sulfide) groups is 1. The van der Waals surface area contributed by atoms with Crippen LogP contribution in [0.15, 0.2) is 35.6 Å². The van der Waals surface area contributed by atoms with Crippen LogP contribution in [-0.4, -0.2) is 74.2 Å². The van der Waals surface area contributed by atoms with E-state index in [-0.39, 0.29) is 16.7 Å². The topological polar surface area (TPSA) is 107 Å². The lowest BCUT2D eigenvalue weighted by molar-refractivity contribution is -0.113. The van der Waals surface area contributed by atoms with Gasteiger partial charge in [0.05, 0.1) is 16.0 Å². The highest BCUT2D eigenvalue weighted by Gasteiger charge is 2.36. The van der Waals surface area contributed by atoms with E-state index in [1.54, 1.807) is 18.1 Å². The van der Waals surface area contributed by atoms with Gasteiger partial charge in [-0.15, -0.1) is 0 Å². The molecule has 5 rings (SSSR count). The SMILES string of the molecule is Cc1cc(-c2ncnc3nc(N4CCC(N(C)C)CC4)[nH]c23)ccc1CN1C=C(C(N)=O)SC1C(C)(C)C. The number of imidazole rings is 1. The third-order valence-electron chi connectivity index (χ3n) is 7.55. The van der Waals surface area contributed by atoms with Gasteiger partial charge in [-0.25, -0.2) is 9.97 Å². The monoisotopic (exact) mass is 534 g/mol. The Morgan fingerprint density at radius 3 is 2.58 bits per heavy atom. The number of aryl methyl sites for hydroxylation is 1. The number of primary amides is 1. The maximum atomic E-state index is 11.9. The highest BCUT2D eigenvalue weighted by molar-refractivity contribution is 8.04. The van der Waals surface area contributed by atoms with E-state index in [0.29, 0.717) is 23.1 Å². The van der Waals surface area contributed by atoms with Crippen molar-refractivity contribution in [2.75, 3.05) is 32.1 Å². The van der Waals surface area contributed by atoms with Crippen LogP contribution >= 0.6 is 11.8 Å². The molecule has 3 N–H and O–H groups in total. The minimum atomic E-state index is -0.368. The molecule has 2 aromatic heterocycles. The van der Waals surface area contributed by atoms with Gasteiger partial charge in [-0.3, -0.25) is 4.79 Å². The largest absolute Gasteiger partial charge is 0.365 e. The van der Waals surface area contributed by atoms with E-state index >= 15 is 0 Å². The minimum Gasteiger partial charge on any atom is -0.365 e. The summed E-state index contributed by atoms with van der Waals surface area (Å²) >= 11 is 1.55. The fourth-order valence-corrected chi connectivity index (χ4v) is 6.53. The number of anilines is 1. The van der Waals surface area contributed by atoms with Crippen molar-refractivity contribution in [2.45, 2.75) is 58.5 Å². The standard InChI is InChI=1S/C28H38N8OS/c1-17-13-18(7-8-19(17)14-36-15-21(24(29)37)38-26(36)28(2,3)4)22-23-25(31-16-30-22)33-27(32-23)35-11-9-20(10-12-35)34(5)6/h7-8,13,15-16,20,26H,9-12,14H2,1-6H3,(H2,29,37)(H,30,31,32,33). The third-order valence-corrected chi connectivity index (χ3v) is 9.31. The Kier molecular flexibility index (Phi) is 7.13. The van der Waals surface area contributed by atoms with E-state index in [1.165, 1.54) is 11.1 Å². The molecule has 1 atom stereocenters. The molecule has 3 aromatic rings. The number of piperidine rings is 1. The highest BCUT2D eigenvalue weighted by atomic mass is 32.2. The maximum Gasteiger partial charge on any atom is 0.256 e. The number of carbonyl (C=O) groups excluding carboxylic acids is 1.